The Morgan fingerprint density at radius 2 is 2.22 bits per heavy atom. The van der Waals surface area contributed by atoms with Crippen LogP contribution in [0.15, 0.2) is 24.3 Å². The van der Waals surface area contributed by atoms with Gasteiger partial charge in [0.05, 0.1) is 0 Å². The molecule has 0 aliphatic rings. The maximum Gasteiger partial charge on any atom is 0.245 e. The lowest BCUT2D eigenvalue weighted by Gasteiger charge is -2.22. The van der Waals surface area contributed by atoms with Crippen molar-refractivity contribution in [2.45, 2.75) is 38.8 Å². The number of hydrogen-bond acceptors (Lipinski definition) is 5. The summed E-state index contributed by atoms with van der Waals surface area (Å²) in [4.78, 5) is 12.6. The van der Waals surface area contributed by atoms with Gasteiger partial charge in [-0.25, -0.2) is 9.07 Å². The van der Waals surface area contributed by atoms with Crippen molar-refractivity contribution in [3.8, 4) is 0 Å². The van der Waals surface area contributed by atoms with Gasteiger partial charge in [0.25, 0.3) is 0 Å². The standard InChI is InChI=1S/C15H21FN6O/c1-10-19-20-21-22(10)13(14(23)18-9-15(2,3)17)8-11-5-4-6-12(16)7-11/h4-7,13H,8-9,17H2,1-3H3,(H,18,23). The number of hydrogen-bond donors (Lipinski definition) is 2. The van der Waals surface area contributed by atoms with Crippen molar-refractivity contribution in [1.82, 2.24) is 25.5 Å². The first kappa shape index (κ1) is 17.0. The number of benzene rings is 1. The van der Waals surface area contributed by atoms with E-state index in [9.17, 15) is 9.18 Å². The quantitative estimate of drug-likeness (QED) is 0.818. The Balaban J connectivity index is 2.22. The van der Waals surface area contributed by atoms with Gasteiger partial charge in [0.15, 0.2) is 0 Å². The molecule has 1 atom stereocenters. The van der Waals surface area contributed by atoms with E-state index in [2.05, 4.69) is 20.8 Å². The van der Waals surface area contributed by atoms with Crippen molar-refractivity contribution in [3.05, 3.63) is 41.5 Å². The summed E-state index contributed by atoms with van der Waals surface area (Å²) in [6.45, 7) is 5.65. The number of aryl methyl sites for hydroxylation is 1. The molecule has 2 aromatic rings. The van der Waals surface area contributed by atoms with E-state index in [1.54, 1.807) is 19.1 Å². The lowest BCUT2D eigenvalue weighted by atomic mass is 10.0. The first-order chi connectivity index (χ1) is 10.8. The summed E-state index contributed by atoms with van der Waals surface area (Å²) in [5.41, 5.74) is 6.05. The molecule has 3 N–H and O–H groups in total. The van der Waals surface area contributed by atoms with E-state index < -0.39 is 11.6 Å². The number of tetrazole rings is 1. The van der Waals surface area contributed by atoms with Gasteiger partial charge >= 0.3 is 0 Å². The Morgan fingerprint density at radius 1 is 1.48 bits per heavy atom. The number of aromatic nitrogens is 4. The van der Waals surface area contributed by atoms with Crippen molar-refractivity contribution in [3.63, 3.8) is 0 Å². The van der Waals surface area contributed by atoms with Gasteiger partial charge in [-0.3, -0.25) is 4.79 Å². The molecule has 1 amide bonds. The van der Waals surface area contributed by atoms with Crippen LogP contribution in [0.5, 0.6) is 0 Å². The third-order valence-electron chi connectivity index (χ3n) is 3.29. The molecular weight excluding hydrogens is 299 g/mol. The van der Waals surface area contributed by atoms with E-state index in [0.29, 0.717) is 17.9 Å². The maximum absolute atomic E-state index is 13.4. The van der Waals surface area contributed by atoms with Crippen LogP contribution in [0.2, 0.25) is 0 Å². The fourth-order valence-electron chi connectivity index (χ4n) is 2.14. The highest BCUT2D eigenvalue weighted by molar-refractivity contribution is 5.80. The molecular formula is C15H21FN6O. The number of nitrogens with two attached hydrogens (primary N) is 1. The van der Waals surface area contributed by atoms with Crippen LogP contribution in [0.1, 0.15) is 31.3 Å². The minimum absolute atomic E-state index is 0.261. The van der Waals surface area contributed by atoms with E-state index in [0.717, 1.165) is 0 Å². The lowest BCUT2D eigenvalue weighted by molar-refractivity contribution is -0.124. The summed E-state index contributed by atoms with van der Waals surface area (Å²) in [7, 11) is 0. The minimum Gasteiger partial charge on any atom is -0.352 e. The zero-order chi connectivity index (χ0) is 17.0. The summed E-state index contributed by atoms with van der Waals surface area (Å²) < 4.78 is 14.8. The predicted molar refractivity (Wildman–Crippen MR) is 83.0 cm³/mol. The molecule has 23 heavy (non-hydrogen) atoms. The number of nitrogens with zero attached hydrogens (tertiary/aromatic N) is 4. The van der Waals surface area contributed by atoms with Crippen LogP contribution in [0.25, 0.3) is 0 Å². The molecule has 0 aliphatic carbocycles. The predicted octanol–water partition coefficient (Wildman–Crippen LogP) is 0.758. The fourth-order valence-corrected chi connectivity index (χ4v) is 2.14. The van der Waals surface area contributed by atoms with Gasteiger partial charge in [-0.1, -0.05) is 12.1 Å². The second-order valence-electron chi connectivity index (χ2n) is 6.23. The summed E-state index contributed by atoms with van der Waals surface area (Å²) >= 11 is 0. The Morgan fingerprint density at radius 3 is 2.78 bits per heavy atom. The number of carbonyl (C=O) groups is 1. The SMILES string of the molecule is Cc1nnnn1C(Cc1cccc(F)c1)C(=O)NCC(C)(C)N. The molecule has 1 heterocycles. The van der Waals surface area contributed by atoms with Crippen molar-refractivity contribution in [2.24, 2.45) is 5.73 Å². The number of halogens is 1. The topological polar surface area (TPSA) is 98.7 Å². The molecule has 1 aromatic carbocycles. The van der Waals surface area contributed by atoms with Gasteiger partial charge in [0.2, 0.25) is 5.91 Å². The van der Waals surface area contributed by atoms with Gasteiger partial charge in [0.1, 0.15) is 17.7 Å². The van der Waals surface area contributed by atoms with Gasteiger partial charge in [-0.2, -0.15) is 0 Å². The molecule has 0 radical (unpaired) electrons. The molecule has 0 saturated heterocycles. The summed E-state index contributed by atoms with van der Waals surface area (Å²) in [5.74, 6) is -0.102. The second-order valence-corrected chi connectivity index (χ2v) is 6.23. The zero-order valence-electron chi connectivity index (χ0n) is 13.5. The summed E-state index contributed by atoms with van der Waals surface area (Å²) in [6.07, 6.45) is 0.278. The zero-order valence-corrected chi connectivity index (χ0v) is 13.5. The van der Waals surface area contributed by atoms with Gasteiger partial charge in [-0.05, 0) is 48.9 Å². The molecule has 0 saturated carbocycles. The minimum atomic E-state index is -0.672. The smallest absolute Gasteiger partial charge is 0.245 e. The molecule has 1 aromatic heterocycles. The molecule has 8 heteroatoms. The first-order valence-corrected chi connectivity index (χ1v) is 7.32. The molecule has 0 aliphatic heterocycles. The highest BCUT2D eigenvalue weighted by Crippen LogP contribution is 2.16. The summed E-state index contributed by atoms with van der Waals surface area (Å²) in [5, 5.41) is 14.1. The van der Waals surface area contributed by atoms with Crippen molar-refractivity contribution in [1.29, 1.82) is 0 Å². The number of rotatable bonds is 6. The van der Waals surface area contributed by atoms with Crippen LogP contribution in [0.3, 0.4) is 0 Å². The van der Waals surface area contributed by atoms with E-state index in [-0.39, 0.29) is 18.1 Å². The van der Waals surface area contributed by atoms with Crippen LogP contribution < -0.4 is 11.1 Å². The normalized spacial score (nSPS) is 12.9. The van der Waals surface area contributed by atoms with Crippen LogP contribution in [-0.4, -0.2) is 38.2 Å². The molecule has 0 bridgehead atoms. The highest BCUT2D eigenvalue weighted by Gasteiger charge is 2.25. The number of carbonyl (C=O) groups excluding carboxylic acids is 1. The van der Waals surface area contributed by atoms with Crippen LogP contribution >= 0.6 is 0 Å². The van der Waals surface area contributed by atoms with Crippen LogP contribution in [-0.2, 0) is 11.2 Å². The lowest BCUT2D eigenvalue weighted by Crippen LogP contribution is -2.47. The maximum atomic E-state index is 13.4. The highest BCUT2D eigenvalue weighted by atomic mass is 19.1. The van der Waals surface area contributed by atoms with E-state index in [1.165, 1.54) is 16.8 Å². The number of nitrogens with one attached hydrogen (secondary N) is 1. The van der Waals surface area contributed by atoms with Gasteiger partial charge in [-0.15, -0.1) is 5.10 Å². The summed E-state index contributed by atoms with van der Waals surface area (Å²) in [6, 6.07) is 5.45. The molecule has 0 spiro atoms. The Labute approximate surface area is 134 Å². The Hall–Kier alpha value is -2.35. The molecule has 124 valence electrons. The van der Waals surface area contributed by atoms with E-state index in [1.807, 2.05) is 13.8 Å². The van der Waals surface area contributed by atoms with Crippen molar-refractivity contribution in [2.75, 3.05) is 6.54 Å². The molecule has 0 fully saturated rings. The Bertz CT molecular complexity index is 679. The third-order valence-corrected chi connectivity index (χ3v) is 3.29. The van der Waals surface area contributed by atoms with Crippen LogP contribution in [0.4, 0.5) is 4.39 Å². The van der Waals surface area contributed by atoms with Crippen molar-refractivity contribution < 1.29 is 9.18 Å². The van der Waals surface area contributed by atoms with E-state index in [4.69, 9.17) is 5.73 Å². The van der Waals surface area contributed by atoms with Gasteiger partial charge < -0.3 is 11.1 Å². The monoisotopic (exact) mass is 320 g/mol. The second kappa shape index (κ2) is 6.82. The van der Waals surface area contributed by atoms with Crippen molar-refractivity contribution >= 4 is 5.91 Å². The largest absolute Gasteiger partial charge is 0.352 e. The molecule has 7 nitrogen and oxygen atoms in total. The average Bonchev–Trinajstić information content (AvgIpc) is 2.87. The third kappa shape index (κ3) is 4.82. The average molecular weight is 320 g/mol. The van der Waals surface area contributed by atoms with Gasteiger partial charge in [0, 0.05) is 18.5 Å². The molecule has 2 rings (SSSR count). The van der Waals surface area contributed by atoms with E-state index >= 15 is 0 Å². The molecule has 1 unspecified atom stereocenters. The number of amides is 1. The Kier molecular flexibility index (Phi) is 5.05. The van der Waals surface area contributed by atoms with Crippen LogP contribution in [0, 0.1) is 12.7 Å². The first-order valence-electron chi connectivity index (χ1n) is 7.32. The fraction of sp³-hybridized carbons (Fsp3) is 0.467.